The van der Waals surface area contributed by atoms with Crippen molar-refractivity contribution in [3.8, 4) is 23.5 Å². The summed E-state index contributed by atoms with van der Waals surface area (Å²) in [5.74, 6) is 1.99. The van der Waals surface area contributed by atoms with E-state index in [2.05, 4.69) is 16.6 Å². The molecule has 1 fully saturated rings. The minimum atomic E-state index is -0.554. The fraction of sp³-hybridized carbons (Fsp3) is 0.333. The number of nitrogens with zero attached hydrogens (tertiary/aromatic N) is 1. The Balaban J connectivity index is 1.62. The lowest BCUT2D eigenvalue weighted by molar-refractivity contribution is -0.119. The van der Waals surface area contributed by atoms with E-state index >= 15 is 0 Å². The molecule has 7 heteroatoms. The van der Waals surface area contributed by atoms with Crippen LogP contribution < -0.4 is 15.5 Å². The Labute approximate surface area is 181 Å². The molecule has 0 saturated carbocycles. The molecule has 2 amide bonds. The third kappa shape index (κ3) is 6.06. The summed E-state index contributed by atoms with van der Waals surface area (Å²) in [6, 6.07) is 12.4. The third-order valence-electron chi connectivity index (χ3n) is 4.99. The van der Waals surface area contributed by atoms with Crippen LogP contribution in [0.5, 0.6) is 0 Å². The molecule has 0 aliphatic carbocycles. The lowest BCUT2D eigenvalue weighted by Gasteiger charge is -2.15. The molecule has 1 aliphatic rings. The summed E-state index contributed by atoms with van der Waals surface area (Å²) in [6.45, 7) is 3.45. The number of hydrogen-bond donors (Lipinski definition) is 2. The Morgan fingerprint density at radius 2 is 2.06 bits per heavy atom. The van der Waals surface area contributed by atoms with Crippen molar-refractivity contribution in [2.75, 3.05) is 24.5 Å². The van der Waals surface area contributed by atoms with Gasteiger partial charge in [0.25, 0.3) is 0 Å². The van der Waals surface area contributed by atoms with Crippen molar-refractivity contribution in [3.05, 3.63) is 53.8 Å². The van der Waals surface area contributed by atoms with E-state index < -0.39 is 18.0 Å². The highest BCUT2D eigenvalue weighted by Gasteiger charge is 2.32. The highest BCUT2D eigenvalue weighted by molar-refractivity contribution is 5.90. The number of rotatable bonds is 9. The molecule has 2 N–H and O–H groups in total. The van der Waals surface area contributed by atoms with Gasteiger partial charge in [0.2, 0.25) is 5.91 Å². The number of anilines is 1. The molecule has 1 atom stereocenters. The zero-order valence-electron chi connectivity index (χ0n) is 17.5. The number of benzene rings is 2. The van der Waals surface area contributed by atoms with Crippen molar-refractivity contribution in [2.24, 2.45) is 0 Å². The number of nitrogens with one attached hydrogen (secondary N) is 2. The molecule has 0 spiro atoms. The standard InChI is InChI=1S/C24H26FN3O3/c1-3-4-5-12-26-14-18-6-8-19(9-7-18)22-11-10-20(13-23(22)25)28-16-21(31-24(28)30)15-27-17(2)29/h1,6-11,13,21,26H,4-5,12,14-16H2,2H3,(H,27,29)/t21-/m0/s1. The van der Waals surface area contributed by atoms with Gasteiger partial charge in [-0.1, -0.05) is 24.3 Å². The minimum Gasteiger partial charge on any atom is -0.442 e. The maximum Gasteiger partial charge on any atom is 0.414 e. The molecule has 1 heterocycles. The van der Waals surface area contributed by atoms with Gasteiger partial charge in [0.05, 0.1) is 18.8 Å². The molecule has 1 saturated heterocycles. The Morgan fingerprint density at radius 3 is 2.74 bits per heavy atom. The van der Waals surface area contributed by atoms with Crippen molar-refractivity contribution in [3.63, 3.8) is 0 Å². The molecular formula is C24H26FN3O3. The molecule has 2 aromatic carbocycles. The second-order valence-corrected chi connectivity index (χ2v) is 7.40. The lowest BCUT2D eigenvalue weighted by atomic mass is 10.0. The van der Waals surface area contributed by atoms with E-state index in [1.165, 1.54) is 17.9 Å². The topological polar surface area (TPSA) is 70.7 Å². The first-order valence-corrected chi connectivity index (χ1v) is 10.2. The van der Waals surface area contributed by atoms with Gasteiger partial charge in [-0.25, -0.2) is 9.18 Å². The Hall–Kier alpha value is -3.37. The van der Waals surface area contributed by atoms with E-state index in [9.17, 15) is 14.0 Å². The second-order valence-electron chi connectivity index (χ2n) is 7.40. The van der Waals surface area contributed by atoms with Crippen LogP contribution in [0.15, 0.2) is 42.5 Å². The lowest BCUT2D eigenvalue weighted by Crippen LogP contribution is -2.33. The first-order valence-electron chi connectivity index (χ1n) is 10.2. The summed E-state index contributed by atoms with van der Waals surface area (Å²) in [7, 11) is 0. The van der Waals surface area contributed by atoms with E-state index in [-0.39, 0.29) is 19.0 Å². The van der Waals surface area contributed by atoms with Gasteiger partial charge in [0, 0.05) is 25.5 Å². The first-order chi connectivity index (χ1) is 15.0. The van der Waals surface area contributed by atoms with Gasteiger partial charge in [-0.05, 0) is 42.3 Å². The molecule has 0 bridgehead atoms. The number of halogens is 1. The van der Waals surface area contributed by atoms with Crippen LogP contribution in [0, 0.1) is 18.2 Å². The number of unbranched alkanes of at least 4 members (excludes halogenated alkanes) is 1. The molecule has 0 aromatic heterocycles. The number of amides is 2. The fourth-order valence-electron chi connectivity index (χ4n) is 3.35. The predicted octanol–water partition coefficient (Wildman–Crippen LogP) is 3.46. The summed E-state index contributed by atoms with van der Waals surface area (Å²) in [6.07, 6.45) is 5.91. The quantitative estimate of drug-likeness (QED) is 0.479. The third-order valence-corrected chi connectivity index (χ3v) is 4.99. The van der Waals surface area contributed by atoms with Gasteiger partial charge in [-0.15, -0.1) is 12.3 Å². The average Bonchev–Trinajstić information content (AvgIpc) is 3.13. The molecule has 162 valence electrons. The summed E-state index contributed by atoms with van der Waals surface area (Å²) < 4.78 is 20.1. The van der Waals surface area contributed by atoms with Gasteiger partial charge in [-0.2, -0.15) is 0 Å². The molecule has 2 aromatic rings. The van der Waals surface area contributed by atoms with Gasteiger partial charge in [0.1, 0.15) is 11.9 Å². The normalized spacial score (nSPS) is 15.5. The Morgan fingerprint density at radius 1 is 1.29 bits per heavy atom. The van der Waals surface area contributed by atoms with Crippen LogP contribution in [0.4, 0.5) is 14.9 Å². The molecule has 0 radical (unpaired) electrons. The summed E-state index contributed by atoms with van der Waals surface area (Å²) in [5, 5.41) is 5.95. The molecule has 6 nitrogen and oxygen atoms in total. The van der Waals surface area contributed by atoms with Gasteiger partial charge in [0.15, 0.2) is 0 Å². The van der Waals surface area contributed by atoms with Crippen LogP contribution in [0.25, 0.3) is 11.1 Å². The van der Waals surface area contributed by atoms with Crippen LogP contribution in [0.1, 0.15) is 25.3 Å². The maximum atomic E-state index is 14.8. The summed E-state index contributed by atoms with van der Waals surface area (Å²) in [5.41, 5.74) is 2.74. The second kappa shape index (κ2) is 10.6. The Kier molecular flexibility index (Phi) is 7.63. The molecule has 1 aliphatic heterocycles. The fourth-order valence-corrected chi connectivity index (χ4v) is 3.35. The summed E-state index contributed by atoms with van der Waals surface area (Å²) in [4.78, 5) is 24.5. The van der Waals surface area contributed by atoms with Gasteiger partial charge in [-0.3, -0.25) is 9.69 Å². The first kappa shape index (κ1) is 22.3. The van der Waals surface area contributed by atoms with Crippen molar-refractivity contribution < 1.29 is 18.7 Å². The minimum absolute atomic E-state index is 0.199. The highest BCUT2D eigenvalue weighted by atomic mass is 19.1. The highest BCUT2D eigenvalue weighted by Crippen LogP contribution is 2.29. The number of ether oxygens (including phenoxy) is 1. The van der Waals surface area contributed by atoms with E-state index in [0.717, 1.165) is 37.1 Å². The average molecular weight is 423 g/mol. The van der Waals surface area contributed by atoms with E-state index in [0.29, 0.717) is 11.3 Å². The van der Waals surface area contributed by atoms with E-state index in [1.54, 1.807) is 12.1 Å². The molecule has 0 unspecified atom stereocenters. The number of hydrogen-bond acceptors (Lipinski definition) is 4. The van der Waals surface area contributed by atoms with E-state index in [4.69, 9.17) is 11.2 Å². The van der Waals surface area contributed by atoms with E-state index in [1.807, 2.05) is 24.3 Å². The Bertz CT molecular complexity index is 969. The van der Waals surface area contributed by atoms with Crippen LogP contribution in [-0.4, -0.2) is 37.7 Å². The molecule has 31 heavy (non-hydrogen) atoms. The molecular weight excluding hydrogens is 397 g/mol. The zero-order valence-corrected chi connectivity index (χ0v) is 17.5. The molecule has 3 rings (SSSR count). The SMILES string of the molecule is C#CCCCNCc1ccc(-c2ccc(N3C[C@H](CNC(C)=O)OC3=O)cc2F)cc1. The number of carbonyl (C=O) groups excluding carboxylic acids is 2. The smallest absolute Gasteiger partial charge is 0.414 e. The number of carbonyl (C=O) groups is 2. The van der Waals surface area contributed by atoms with Crippen LogP contribution in [0.2, 0.25) is 0 Å². The maximum absolute atomic E-state index is 14.8. The van der Waals surface area contributed by atoms with Crippen molar-refractivity contribution in [1.82, 2.24) is 10.6 Å². The largest absolute Gasteiger partial charge is 0.442 e. The van der Waals surface area contributed by atoms with Crippen LogP contribution in [-0.2, 0) is 16.1 Å². The van der Waals surface area contributed by atoms with Gasteiger partial charge >= 0.3 is 6.09 Å². The summed E-state index contributed by atoms with van der Waals surface area (Å²) >= 11 is 0. The number of terminal acetylenes is 1. The van der Waals surface area contributed by atoms with Crippen molar-refractivity contribution in [1.29, 1.82) is 0 Å². The van der Waals surface area contributed by atoms with Crippen molar-refractivity contribution >= 4 is 17.7 Å². The van der Waals surface area contributed by atoms with Crippen LogP contribution in [0.3, 0.4) is 0 Å². The van der Waals surface area contributed by atoms with Crippen LogP contribution >= 0.6 is 0 Å². The number of cyclic esters (lactones) is 1. The monoisotopic (exact) mass is 423 g/mol. The zero-order chi connectivity index (χ0) is 22.2. The van der Waals surface area contributed by atoms with Crippen molar-refractivity contribution in [2.45, 2.75) is 32.4 Å². The predicted molar refractivity (Wildman–Crippen MR) is 118 cm³/mol. The van der Waals surface area contributed by atoms with Gasteiger partial charge < -0.3 is 15.4 Å².